The third kappa shape index (κ3) is 8.15. The minimum atomic E-state index is 1.05. The third-order valence-electron chi connectivity index (χ3n) is 13.0. The molecule has 0 unspecified atom stereocenters. The molecule has 0 bridgehead atoms. The number of hydrogen-bond donors (Lipinski definition) is 0. The van der Waals surface area contributed by atoms with E-state index in [2.05, 4.69) is 288 Å². The van der Waals surface area contributed by atoms with Gasteiger partial charge in [-0.1, -0.05) is 153 Å². The molecule has 0 atom stereocenters. The van der Waals surface area contributed by atoms with Crippen molar-refractivity contribution in [2.75, 3.05) is 9.80 Å². The molecule has 2 heterocycles. The highest BCUT2D eigenvalue weighted by Crippen LogP contribution is 2.41. The Balaban J connectivity index is 0.941. The van der Waals surface area contributed by atoms with Crippen LogP contribution in [0.4, 0.5) is 28.4 Å². The highest BCUT2D eigenvalue weighted by Gasteiger charge is 2.19. The zero-order valence-corrected chi connectivity index (χ0v) is 38.5. The average molecular weight is 887 g/mol. The molecule has 0 aliphatic rings. The van der Waals surface area contributed by atoms with Gasteiger partial charge in [0.1, 0.15) is 0 Å². The van der Waals surface area contributed by atoms with E-state index >= 15 is 0 Å². The average Bonchev–Trinajstić information content (AvgIpc) is 3.95. The van der Waals surface area contributed by atoms with Crippen LogP contribution in [0.15, 0.2) is 262 Å². The molecule has 0 saturated carbocycles. The van der Waals surface area contributed by atoms with Crippen LogP contribution in [0.2, 0.25) is 0 Å². The summed E-state index contributed by atoms with van der Waals surface area (Å²) in [4.78, 5) is 4.68. The Labute approximate surface area is 404 Å². The maximum absolute atomic E-state index is 3.96. The summed E-state index contributed by atoms with van der Waals surface area (Å²) in [5.74, 6) is 0. The van der Waals surface area contributed by atoms with Crippen LogP contribution < -0.4 is 9.80 Å². The van der Waals surface area contributed by atoms with Gasteiger partial charge in [-0.05, 0) is 144 Å². The minimum Gasteiger partial charge on any atom is -0.316 e. The van der Waals surface area contributed by atoms with Gasteiger partial charge in [-0.3, -0.25) is 0 Å². The largest absolute Gasteiger partial charge is 0.316 e. The van der Waals surface area contributed by atoms with Crippen molar-refractivity contribution in [1.29, 1.82) is 0 Å². The fourth-order valence-corrected chi connectivity index (χ4v) is 9.62. The van der Waals surface area contributed by atoms with E-state index in [1.54, 1.807) is 0 Å². The molecule has 2 aromatic heterocycles. The van der Waals surface area contributed by atoms with Gasteiger partial charge in [0.15, 0.2) is 0 Å². The van der Waals surface area contributed by atoms with Crippen LogP contribution in [-0.4, -0.2) is 9.13 Å². The Morgan fingerprint density at radius 3 is 1.55 bits per heavy atom. The molecular weight excluding hydrogens is 837 g/mol. The normalized spacial score (nSPS) is 11.7. The van der Waals surface area contributed by atoms with Gasteiger partial charge in [0.25, 0.3) is 0 Å². The Morgan fingerprint density at radius 2 is 0.928 bits per heavy atom. The summed E-state index contributed by atoms with van der Waals surface area (Å²) < 4.78 is 4.63. The van der Waals surface area contributed by atoms with Gasteiger partial charge in [-0.2, -0.15) is 0 Å². The lowest BCUT2D eigenvalue weighted by Gasteiger charge is -2.27. The van der Waals surface area contributed by atoms with Crippen molar-refractivity contribution in [3.05, 3.63) is 278 Å². The number of rotatable bonds is 13. The number of nitrogens with zero attached hydrogens (tertiary/aromatic N) is 4. The van der Waals surface area contributed by atoms with Gasteiger partial charge in [0.05, 0.1) is 16.6 Å². The van der Waals surface area contributed by atoms with Gasteiger partial charge < -0.3 is 18.9 Å². The second-order valence-corrected chi connectivity index (χ2v) is 17.1. The Kier molecular flexibility index (Phi) is 11.5. The molecule has 0 amide bonds. The second kappa shape index (κ2) is 18.6. The number of para-hydroxylation sites is 4. The summed E-state index contributed by atoms with van der Waals surface area (Å²) in [6.45, 7) is 9.98. The first-order chi connectivity index (χ1) is 34.1. The summed E-state index contributed by atoms with van der Waals surface area (Å²) in [6.07, 6.45) is 12.6. The van der Waals surface area contributed by atoms with Gasteiger partial charge >= 0.3 is 0 Å². The van der Waals surface area contributed by atoms with E-state index in [1.165, 1.54) is 21.7 Å². The van der Waals surface area contributed by atoms with Gasteiger partial charge in [-0.25, -0.2) is 0 Å². The number of benzene rings is 9. The smallest absolute Gasteiger partial charge is 0.0542 e. The first-order valence-corrected chi connectivity index (χ1v) is 23.4. The molecule has 4 heteroatoms. The Hall–Kier alpha value is -9.12. The van der Waals surface area contributed by atoms with Crippen LogP contribution in [0.3, 0.4) is 0 Å². The lowest BCUT2D eigenvalue weighted by atomic mass is 10.0. The summed E-state index contributed by atoms with van der Waals surface area (Å²) in [5.41, 5.74) is 17.8. The first kappa shape index (κ1) is 42.5. The molecular formula is C65H50N4. The van der Waals surface area contributed by atoms with E-state index in [1.807, 2.05) is 12.2 Å². The highest BCUT2D eigenvalue weighted by molar-refractivity contribution is 6.10. The predicted molar refractivity (Wildman–Crippen MR) is 296 cm³/mol. The van der Waals surface area contributed by atoms with Crippen LogP contribution in [0.25, 0.3) is 73.4 Å². The number of allylic oxidation sites excluding steroid dienone is 2. The van der Waals surface area contributed by atoms with E-state index in [4.69, 9.17) is 0 Å². The molecule has 0 spiro atoms. The van der Waals surface area contributed by atoms with E-state index in [-0.39, 0.29) is 0 Å². The molecule has 4 nitrogen and oxygen atoms in total. The lowest BCUT2D eigenvalue weighted by Crippen LogP contribution is -2.15. The van der Waals surface area contributed by atoms with E-state index in [0.29, 0.717) is 0 Å². The maximum Gasteiger partial charge on any atom is 0.0542 e. The molecule has 0 aliphatic heterocycles. The number of hydrogen-bond acceptors (Lipinski definition) is 2. The third-order valence-corrected chi connectivity index (χ3v) is 13.0. The summed E-state index contributed by atoms with van der Waals surface area (Å²) in [7, 11) is 0. The van der Waals surface area contributed by atoms with Crippen LogP contribution in [0.5, 0.6) is 0 Å². The summed E-state index contributed by atoms with van der Waals surface area (Å²) >= 11 is 0. The van der Waals surface area contributed by atoms with Crippen molar-refractivity contribution in [3.63, 3.8) is 0 Å². The van der Waals surface area contributed by atoms with E-state index < -0.39 is 0 Å². The van der Waals surface area contributed by atoms with Crippen molar-refractivity contribution in [2.24, 2.45) is 0 Å². The topological polar surface area (TPSA) is 16.3 Å². The molecule has 0 aliphatic carbocycles. The van der Waals surface area contributed by atoms with Crippen molar-refractivity contribution in [1.82, 2.24) is 9.13 Å². The highest BCUT2D eigenvalue weighted by atomic mass is 15.2. The first-order valence-electron chi connectivity index (χ1n) is 23.4. The van der Waals surface area contributed by atoms with Gasteiger partial charge in [0, 0.05) is 73.4 Å². The predicted octanol–water partition coefficient (Wildman–Crippen LogP) is 17.9. The van der Waals surface area contributed by atoms with Crippen LogP contribution in [0.1, 0.15) is 23.6 Å². The fourth-order valence-electron chi connectivity index (χ4n) is 9.62. The number of aromatic nitrogens is 2. The lowest BCUT2D eigenvalue weighted by molar-refractivity contribution is 1.12. The number of anilines is 5. The molecule has 0 fully saturated rings. The summed E-state index contributed by atoms with van der Waals surface area (Å²) in [6, 6.07) is 80.4. The second-order valence-electron chi connectivity index (χ2n) is 17.1. The minimum absolute atomic E-state index is 1.05. The van der Waals surface area contributed by atoms with Crippen molar-refractivity contribution in [3.8, 4) is 22.5 Å². The molecule has 69 heavy (non-hydrogen) atoms. The Morgan fingerprint density at radius 1 is 0.435 bits per heavy atom. The SMILES string of the molecule is C=Cc1ccc(-n2cc(/C=C(\C=C/C)N(c3ccccc3)c3ccc(-c4ccc(N(c5ccccc5)c5ccc6c(c5)c5ccccc5n6-c5ccc(C=C)cc5)cc4)cc3)c3ccccc32)cc1. The van der Waals surface area contributed by atoms with Crippen LogP contribution >= 0.6 is 0 Å². The molecule has 0 saturated heterocycles. The molecule has 0 N–H and O–H groups in total. The monoisotopic (exact) mass is 886 g/mol. The van der Waals surface area contributed by atoms with Gasteiger partial charge in [0.2, 0.25) is 0 Å². The van der Waals surface area contributed by atoms with E-state index in [0.717, 1.165) is 84.4 Å². The Bertz CT molecular complexity index is 3670. The molecule has 0 radical (unpaired) electrons. The maximum atomic E-state index is 3.96. The fraction of sp³-hybridized carbons (Fsp3) is 0.0154. The standard InChI is InChI=1S/C65H50N4/c1-4-17-58(44-51-46-66(63-24-15-13-22-60(51)63)52-34-26-47(5-2)27-35-52)67(53-18-9-7-10-19-53)55-38-30-49(31-39-55)50-32-40-56(41-33-50)68(54-20-11-8-12-21-54)59-42-43-65-62(45-59)61-23-14-16-25-64(61)69(65)57-36-28-48(6-3)29-37-57/h4-46H,2-3H2,1H3/b17-4-,58-44+. The van der Waals surface area contributed by atoms with Gasteiger partial charge in [-0.15, -0.1) is 0 Å². The number of fused-ring (bicyclic) bond motifs is 4. The van der Waals surface area contributed by atoms with Crippen LogP contribution in [0, 0.1) is 0 Å². The van der Waals surface area contributed by atoms with Crippen molar-refractivity contribution < 1.29 is 0 Å². The zero-order chi connectivity index (χ0) is 46.7. The van der Waals surface area contributed by atoms with Crippen molar-refractivity contribution in [2.45, 2.75) is 6.92 Å². The van der Waals surface area contributed by atoms with Crippen LogP contribution in [-0.2, 0) is 0 Å². The molecule has 330 valence electrons. The summed E-state index contributed by atoms with van der Waals surface area (Å²) in [5, 5.41) is 3.60. The van der Waals surface area contributed by atoms with Crippen molar-refractivity contribution >= 4 is 79.4 Å². The van der Waals surface area contributed by atoms with E-state index in [9.17, 15) is 0 Å². The zero-order valence-electron chi connectivity index (χ0n) is 38.5. The molecule has 9 aromatic carbocycles. The quantitative estimate of drug-likeness (QED) is 0.107. The molecule has 11 rings (SSSR count). The molecule has 11 aromatic rings.